The second-order valence-corrected chi connectivity index (χ2v) is 4.85. The Morgan fingerprint density at radius 3 is 2.68 bits per heavy atom. The number of urea groups is 1. The molecule has 0 aromatic heterocycles. The molecule has 2 N–H and O–H groups in total. The smallest absolute Gasteiger partial charge is 0.328 e. The van der Waals surface area contributed by atoms with Gasteiger partial charge < -0.3 is 5.32 Å². The van der Waals surface area contributed by atoms with Gasteiger partial charge in [-0.05, 0) is 31.4 Å². The topological polar surface area (TPSA) is 56.7 Å². The molecule has 0 aliphatic carbocycles. The maximum Gasteiger partial charge on any atom is 0.328 e. The Labute approximate surface area is 133 Å². The molecule has 0 spiro atoms. The summed E-state index contributed by atoms with van der Waals surface area (Å²) in [4.78, 5) is 18.4. The zero-order valence-corrected chi connectivity index (χ0v) is 13.9. The van der Waals surface area contributed by atoms with Crippen molar-refractivity contribution < 1.29 is 4.79 Å². The van der Waals surface area contributed by atoms with Gasteiger partial charge in [0.2, 0.25) is 0 Å². The summed E-state index contributed by atoms with van der Waals surface area (Å²) in [6.45, 7) is 10.8. The van der Waals surface area contributed by atoms with E-state index in [1.807, 2.05) is 26.0 Å². The van der Waals surface area contributed by atoms with Gasteiger partial charge in [0.05, 0.1) is 5.69 Å². The van der Waals surface area contributed by atoms with Gasteiger partial charge in [-0.15, -0.1) is 6.58 Å². The van der Waals surface area contributed by atoms with Crippen LogP contribution in [0.4, 0.5) is 10.5 Å². The fourth-order valence-corrected chi connectivity index (χ4v) is 2.31. The number of nitrogens with one attached hydrogen (secondary N) is 2. The molecule has 0 heterocycles. The highest BCUT2D eigenvalue weighted by molar-refractivity contribution is 6.04. The Bertz CT molecular complexity index is 552. The third-order valence-electron chi connectivity index (χ3n) is 3.40. The molecule has 120 valence electrons. The molecule has 0 fully saturated rings. The maximum absolute atomic E-state index is 12.6. The van der Waals surface area contributed by atoms with Crippen LogP contribution in [-0.4, -0.2) is 32.1 Å². The van der Waals surface area contributed by atoms with Crippen LogP contribution in [0.5, 0.6) is 0 Å². The second kappa shape index (κ2) is 8.87. The summed E-state index contributed by atoms with van der Waals surface area (Å²) in [6, 6.07) is 5.91. The number of aryl methyl sites for hydroxylation is 2. The molecule has 0 atom stereocenters. The lowest BCUT2D eigenvalue weighted by molar-refractivity contribution is 0.250. The van der Waals surface area contributed by atoms with Gasteiger partial charge in [0, 0.05) is 20.1 Å². The van der Waals surface area contributed by atoms with E-state index in [1.165, 1.54) is 0 Å². The predicted octanol–water partition coefficient (Wildman–Crippen LogP) is 2.85. The Balaban J connectivity index is 3.01. The average molecular weight is 302 g/mol. The number of hydrogen-bond donors (Lipinski definition) is 2. The number of hydrogen-bond acceptors (Lipinski definition) is 2. The highest BCUT2D eigenvalue weighted by Crippen LogP contribution is 2.25. The molecular weight excluding hydrogens is 276 g/mol. The largest absolute Gasteiger partial charge is 0.353 e. The fourth-order valence-electron chi connectivity index (χ4n) is 2.31. The fraction of sp³-hybridized carbons (Fsp3) is 0.412. The average Bonchev–Trinajstić information content (AvgIpc) is 2.53. The molecule has 2 amide bonds. The van der Waals surface area contributed by atoms with Crippen molar-refractivity contribution in [3.63, 3.8) is 0 Å². The highest BCUT2D eigenvalue weighted by Gasteiger charge is 2.19. The Morgan fingerprint density at radius 1 is 1.41 bits per heavy atom. The molecule has 22 heavy (non-hydrogen) atoms. The monoisotopic (exact) mass is 302 g/mol. The first kappa shape index (κ1) is 17.8. The summed E-state index contributed by atoms with van der Waals surface area (Å²) in [5.74, 6) is 0.440. The van der Waals surface area contributed by atoms with Crippen LogP contribution in [-0.2, 0) is 6.42 Å². The van der Waals surface area contributed by atoms with E-state index in [-0.39, 0.29) is 6.03 Å². The van der Waals surface area contributed by atoms with Crippen molar-refractivity contribution in [3.8, 4) is 0 Å². The third kappa shape index (κ3) is 4.35. The van der Waals surface area contributed by atoms with E-state index in [0.29, 0.717) is 19.0 Å². The van der Waals surface area contributed by atoms with Gasteiger partial charge in [0.25, 0.3) is 0 Å². The van der Waals surface area contributed by atoms with E-state index in [1.54, 1.807) is 18.0 Å². The van der Waals surface area contributed by atoms with Crippen LogP contribution in [0.25, 0.3) is 0 Å². The lowest BCUT2D eigenvalue weighted by atomic mass is 10.0. The number of carbonyl (C=O) groups excluding carboxylic acids is 1. The van der Waals surface area contributed by atoms with E-state index in [4.69, 9.17) is 0 Å². The first-order chi connectivity index (χ1) is 10.6. The van der Waals surface area contributed by atoms with Gasteiger partial charge >= 0.3 is 6.03 Å². The molecule has 0 aliphatic rings. The number of para-hydroxylation sites is 1. The number of anilines is 1. The summed E-state index contributed by atoms with van der Waals surface area (Å²) < 4.78 is 0. The Hall–Kier alpha value is -2.30. The molecule has 0 unspecified atom stereocenters. The SMILES string of the molecule is C=CCNC(=NC)NC(=O)N(CC)c1c(C)cccc1CC. The summed E-state index contributed by atoms with van der Waals surface area (Å²) in [5.41, 5.74) is 3.22. The summed E-state index contributed by atoms with van der Waals surface area (Å²) >= 11 is 0. The van der Waals surface area contributed by atoms with Crippen molar-refractivity contribution in [2.45, 2.75) is 27.2 Å². The molecule has 0 radical (unpaired) electrons. The van der Waals surface area contributed by atoms with E-state index in [9.17, 15) is 4.79 Å². The number of carbonyl (C=O) groups is 1. The minimum atomic E-state index is -0.191. The first-order valence-electron chi connectivity index (χ1n) is 7.57. The number of benzene rings is 1. The minimum Gasteiger partial charge on any atom is -0.353 e. The molecule has 5 nitrogen and oxygen atoms in total. The van der Waals surface area contributed by atoms with Crippen molar-refractivity contribution >= 4 is 17.7 Å². The van der Waals surface area contributed by atoms with Gasteiger partial charge in [-0.3, -0.25) is 15.2 Å². The van der Waals surface area contributed by atoms with Crippen LogP contribution in [0, 0.1) is 6.92 Å². The predicted molar refractivity (Wildman–Crippen MR) is 93.7 cm³/mol. The van der Waals surface area contributed by atoms with Gasteiger partial charge in [0.15, 0.2) is 5.96 Å². The second-order valence-electron chi connectivity index (χ2n) is 4.85. The van der Waals surface area contributed by atoms with Crippen LogP contribution < -0.4 is 15.5 Å². The zero-order valence-electron chi connectivity index (χ0n) is 13.9. The molecule has 0 saturated carbocycles. The van der Waals surface area contributed by atoms with Crippen LogP contribution in [0.3, 0.4) is 0 Å². The molecule has 5 heteroatoms. The van der Waals surface area contributed by atoms with E-state index < -0.39 is 0 Å². The molecular formula is C17H26N4O. The standard InChI is InChI=1S/C17H26N4O/c1-6-12-19-16(18-5)20-17(22)21(8-3)15-13(4)10-9-11-14(15)7-2/h6,9-11H,1,7-8,12H2,2-5H3,(H2,18,19,20,22). The van der Waals surface area contributed by atoms with E-state index >= 15 is 0 Å². The van der Waals surface area contributed by atoms with Crippen LogP contribution >= 0.6 is 0 Å². The summed E-state index contributed by atoms with van der Waals surface area (Å²) in [5, 5.41) is 5.80. The van der Waals surface area contributed by atoms with Gasteiger partial charge in [-0.25, -0.2) is 4.79 Å². The normalized spacial score (nSPS) is 11.0. The van der Waals surface area contributed by atoms with E-state index in [2.05, 4.69) is 35.2 Å². The van der Waals surface area contributed by atoms with Crippen molar-refractivity contribution in [2.24, 2.45) is 4.99 Å². The van der Waals surface area contributed by atoms with Crippen LogP contribution in [0.15, 0.2) is 35.8 Å². The quantitative estimate of drug-likeness (QED) is 0.499. The van der Waals surface area contributed by atoms with Gasteiger partial charge in [-0.2, -0.15) is 0 Å². The molecule has 0 saturated heterocycles. The van der Waals surface area contributed by atoms with Crippen molar-refractivity contribution in [1.82, 2.24) is 10.6 Å². The lowest BCUT2D eigenvalue weighted by Gasteiger charge is -2.26. The molecule has 1 aromatic rings. The third-order valence-corrected chi connectivity index (χ3v) is 3.40. The number of aliphatic imine (C=N–C) groups is 1. The molecule has 1 aromatic carbocycles. The highest BCUT2D eigenvalue weighted by atomic mass is 16.2. The number of nitrogens with zero attached hydrogens (tertiary/aromatic N) is 2. The van der Waals surface area contributed by atoms with E-state index in [0.717, 1.165) is 23.2 Å². The van der Waals surface area contributed by atoms with Crippen molar-refractivity contribution in [3.05, 3.63) is 42.0 Å². The molecule has 0 bridgehead atoms. The Morgan fingerprint density at radius 2 is 2.14 bits per heavy atom. The number of amides is 2. The number of rotatable bonds is 5. The van der Waals surface area contributed by atoms with Gasteiger partial charge in [-0.1, -0.05) is 31.2 Å². The lowest BCUT2D eigenvalue weighted by Crippen LogP contribution is -2.48. The zero-order chi connectivity index (χ0) is 16.5. The maximum atomic E-state index is 12.6. The summed E-state index contributed by atoms with van der Waals surface area (Å²) in [6.07, 6.45) is 2.59. The van der Waals surface area contributed by atoms with Gasteiger partial charge in [0.1, 0.15) is 0 Å². The number of guanidine groups is 1. The molecule has 1 rings (SSSR count). The first-order valence-corrected chi connectivity index (χ1v) is 7.57. The van der Waals surface area contributed by atoms with Crippen molar-refractivity contribution in [1.29, 1.82) is 0 Å². The summed E-state index contributed by atoms with van der Waals surface area (Å²) in [7, 11) is 1.63. The minimum absolute atomic E-state index is 0.191. The molecule has 0 aliphatic heterocycles. The van der Waals surface area contributed by atoms with Crippen molar-refractivity contribution in [2.75, 3.05) is 25.0 Å². The van der Waals surface area contributed by atoms with Crippen LogP contribution in [0.1, 0.15) is 25.0 Å². The Kier molecular flexibility index (Phi) is 7.16. The van der Waals surface area contributed by atoms with Crippen LogP contribution in [0.2, 0.25) is 0 Å².